The molecule has 3 rings (SSSR count). The maximum Gasteiger partial charge on any atom is 0.322 e. The van der Waals surface area contributed by atoms with Gasteiger partial charge in [0, 0.05) is 18.7 Å². The number of rotatable bonds is 7. The smallest absolute Gasteiger partial charge is 0.322 e. The van der Waals surface area contributed by atoms with Crippen molar-refractivity contribution in [3.8, 4) is 11.5 Å². The Bertz CT molecular complexity index is 881. The fraction of sp³-hybridized carbons (Fsp3) is 0.211. The van der Waals surface area contributed by atoms with E-state index in [9.17, 15) is 19.5 Å². The van der Waals surface area contributed by atoms with Crippen LogP contribution in [0.2, 0.25) is 0 Å². The lowest BCUT2D eigenvalue weighted by Crippen LogP contribution is -2.51. The first-order chi connectivity index (χ1) is 13.0. The van der Waals surface area contributed by atoms with Crippen LogP contribution in [0.4, 0.5) is 4.79 Å². The fourth-order valence-electron chi connectivity index (χ4n) is 3.02. The molecule has 8 heteroatoms. The predicted molar refractivity (Wildman–Crippen MR) is 96.5 cm³/mol. The number of aldehydes is 1. The van der Waals surface area contributed by atoms with Gasteiger partial charge >= 0.3 is 6.03 Å². The van der Waals surface area contributed by atoms with Gasteiger partial charge in [0.25, 0.3) is 5.91 Å². The highest BCUT2D eigenvalue weighted by atomic mass is 16.5. The third-order valence-corrected chi connectivity index (χ3v) is 4.49. The lowest BCUT2D eigenvalue weighted by molar-refractivity contribution is -0.124. The highest BCUT2D eigenvalue weighted by Crippen LogP contribution is 2.26. The number of methoxy groups -OCH3 is 1. The minimum absolute atomic E-state index is 0.0560. The average Bonchev–Trinajstić information content (AvgIpc) is 2.96. The third kappa shape index (κ3) is 3.61. The summed E-state index contributed by atoms with van der Waals surface area (Å²) in [4.78, 5) is 35.5. The number of ether oxygens (including phenoxy) is 1. The molecule has 0 aliphatic carbocycles. The number of carbonyl (C=O) groups excluding carboxylic acids is 3. The minimum Gasteiger partial charge on any atom is -0.508 e. The van der Waals surface area contributed by atoms with Crippen LogP contribution in [0, 0.1) is 0 Å². The van der Waals surface area contributed by atoms with Crippen LogP contribution in [-0.4, -0.2) is 37.0 Å². The summed E-state index contributed by atoms with van der Waals surface area (Å²) in [7, 11) is 1.52. The summed E-state index contributed by atoms with van der Waals surface area (Å²) in [6.07, 6.45) is 0.735. The van der Waals surface area contributed by atoms with Crippen molar-refractivity contribution in [2.45, 2.75) is 12.1 Å². The molecule has 1 heterocycles. The molecule has 0 aromatic heterocycles. The van der Waals surface area contributed by atoms with Crippen molar-refractivity contribution in [1.29, 1.82) is 0 Å². The summed E-state index contributed by atoms with van der Waals surface area (Å²) in [5.74, 6) is 0.139. The van der Waals surface area contributed by atoms with Crippen molar-refractivity contribution < 1.29 is 24.2 Å². The number of urea groups is 1. The minimum atomic E-state index is -1.31. The normalized spacial score (nSPS) is 18.7. The number of hydrogen-bond donors (Lipinski definition) is 4. The molecule has 0 radical (unpaired) electrons. The van der Waals surface area contributed by atoms with E-state index in [1.165, 1.54) is 19.2 Å². The van der Waals surface area contributed by atoms with Crippen LogP contribution >= 0.6 is 0 Å². The van der Waals surface area contributed by atoms with E-state index in [1.807, 2.05) is 0 Å². The molecule has 4 N–H and O–H groups in total. The van der Waals surface area contributed by atoms with E-state index in [0.29, 0.717) is 23.4 Å². The molecule has 1 fully saturated rings. The molecule has 1 atom stereocenters. The number of carbonyl (C=O) groups is 3. The van der Waals surface area contributed by atoms with Crippen LogP contribution in [-0.2, 0) is 16.9 Å². The first-order valence-electron chi connectivity index (χ1n) is 8.24. The van der Waals surface area contributed by atoms with E-state index in [2.05, 4.69) is 16.0 Å². The molecule has 140 valence electrons. The summed E-state index contributed by atoms with van der Waals surface area (Å²) in [5.41, 5.74) is 0.428. The zero-order valence-electron chi connectivity index (χ0n) is 14.6. The Hall–Kier alpha value is -3.39. The number of nitrogens with one attached hydrogen (secondary N) is 3. The molecule has 0 saturated carbocycles. The summed E-state index contributed by atoms with van der Waals surface area (Å²) >= 11 is 0. The van der Waals surface area contributed by atoms with E-state index in [-0.39, 0.29) is 12.3 Å². The van der Waals surface area contributed by atoms with Crippen molar-refractivity contribution in [3.63, 3.8) is 0 Å². The number of benzene rings is 2. The van der Waals surface area contributed by atoms with Crippen LogP contribution in [0.15, 0.2) is 42.5 Å². The van der Waals surface area contributed by atoms with Crippen LogP contribution in [0.5, 0.6) is 11.5 Å². The Morgan fingerprint density at radius 3 is 2.52 bits per heavy atom. The van der Waals surface area contributed by atoms with Crippen LogP contribution in [0.25, 0.3) is 0 Å². The first-order valence-corrected chi connectivity index (χ1v) is 8.24. The molecule has 8 nitrogen and oxygen atoms in total. The second-order valence-electron chi connectivity index (χ2n) is 6.15. The number of imide groups is 1. The van der Waals surface area contributed by atoms with Gasteiger partial charge in [-0.2, -0.15) is 0 Å². The van der Waals surface area contributed by atoms with Crippen LogP contribution in [0.3, 0.4) is 0 Å². The molecule has 1 saturated heterocycles. The van der Waals surface area contributed by atoms with Crippen LogP contribution in [0.1, 0.15) is 21.5 Å². The van der Waals surface area contributed by atoms with Crippen molar-refractivity contribution >= 4 is 18.2 Å². The van der Waals surface area contributed by atoms with E-state index in [0.717, 1.165) is 11.8 Å². The highest BCUT2D eigenvalue weighted by molar-refractivity contribution is 6.07. The molecule has 3 amide bonds. The quantitative estimate of drug-likeness (QED) is 0.428. The number of phenolic OH excluding ortho intramolecular Hbond substituents is 1. The second kappa shape index (κ2) is 7.46. The summed E-state index contributed by atoms with van der Waals surface area (Å²) in [5, 5.41) is 17.5. The molecular formula is C19H19N3O5. The van der Waals surface area contributed by atoms with Gasteiger partial charge in [-0.15, -0.1) is 0 Å². The van der Waals surface area contributed by atoms with Gasteiger partial charge in [-0.1, -0.05) is 18.2 Å². The Labute approximate surface area is 155 Å². The molecule has 27 heavy (non-hydrogen) atoms. The lowest BCUT2D eigenvalue weighted by atomic mass is 9.89. The molecule has 1 aliphatic heterocycles. The number of amides is 3. The van der Waals surface area contributed by atoms with Gasteiger partial charge in [-0.3, -0.25) is 14.9 Å². The van der Waals surface area contributed by atoms with Crippen molar-refractivity contribution in [2.75, 3.05) is 13.7 Å². The fourth-order valence-corrected chi connectivity index (χ4v) is 3.02. The van der Waals surface area contributed by atoms with Crippen LogP contribution < -0.4 is 20.7 Å². The molecule has 2 aromatic carbocycles. The van der Waals surface area contributed by atoms with Gasteiger partial charge in [0.1, 0.15) is 11.5 Å². The van der Waals surface area contributed by atoms with E-state index >= 15 is 0 Å². The SMILES string of the molecule is COc1ccc(CNC[C@@]2(c3ccc(O)cc3)NC(=O)NC2=O)c(C=O)c1. The van der Waals surface area contributed by atoms with Crippen molar-refractivity contribution in [3.05, 3.63) is 59.2 Å². The van der Waals surface area contributed by atoms with Gasteiger partial charge in [0.2, 0.25) is 0 Å². The topological polar surface area (TPSA) is 117 Å². The van der Waals surface area contributed by atoms with E-state index in [4.69, 9.17) is 4.74 Å². The van der Waals surface area contributed by atoms with E-state index < -0.39 is 17.5 Å². The Morgan fingerprint density at radius 2 is 1.93 bits per heavy atom. The molecule has 0 unspecified atom stereocenters. The lowest BCUT2D eigenvalue weighted by Gasteiger charge is -2.27. The van der Waals surface area contributed by atoms with Crippen molar-refractivity contribution in [2.24, 2.45) is 0 Å². The Kier molecular flexibility index (Phi) is 5.09. The predicted octanol–water partition coefficient (Wildman–Crippen LogP) is 1.04. The number of hydrogen-bond acceptors (Lipinski definition) is 6. The molecular weight excluding hydrogens is 350 g/mol. The highest BCUT2D eigenvalue weighted by Gasteiger charge is 2.47. The Morgan fingerprint density at radius 1 is 1.19 bits per heavy atom. The maximum atomic E-state index is 12.5. The van der Waals surface area contributed by atoms with Gasteiger partial charge < -0.3 is 20.5 Å². The summed E-state index contributed by atoms with van der Waals surface area (Å²) in [6, 6.07) is 10.6. The van der Waals surface area contributed by atoms with Crippen molar-refractivity contribution in [1.82, 2.24) is 16.0 Å². The standard InChI is InChI=1S/C19H19N3O5/c1-27-16-7-2-12(13(8-16)10-23)9-20-11-19(17(25)21-18(26)22-19)14-3-5-15(24)6-4-14/h2-8,10,20,24H,9,11H2,1H3,(H2,21,22,25,26)/t19-/m0/s1. The summed E-state index contributed by atoms with van der Waals surface area (Å²) in [6.45, 7) is 0.403. The average molecular weight is 369 g/mol. The third-order valence-electron chi connectivity index (χ3n) is 4.49. The largest absolute Gasteiger partial charge is 0.508 e. The van der Waals surface area contributed by atoms with Gasteiger partial charge in [0.15, 0.2) is 11.8 Å². The number of aromatic hydroxyl groups is 1. The zero-order valence-corrected chi connectivity index (χ0v) is 14.6. The van der Waals surface area contributed by atoms with Gasteiger partial charge in [-0.05, 0) is 35.4 Å². The molecule has 0 spiro atoms. The van der Waals surface area contributed by atoms with Gasteiger partial charge in [-0.25, -0.2) is 4.79 Å². The molecule has 0 bridgehead atoms. The summed E-state index contributed by atoms with van der Waals surface area (Å²) < 4.78 is 5.11. The monoisotopic (exact) mass is 369 g/mol. The number of phenols is 1. The maximum absolute atomic E-state index is 12.5. The zero-order chi connectivity index (χ0) is 19.4. The first kappa shape index (κ1) is 18.4. The second-order valence-corrected chi connectivity index (χ2v) is 6.15. The van der Waals surface area contributed by atoms with E-state index in [1.54, 1.807) is 30.3 Å². The molecule has 1 aliphatic rings. The Balaban J connectivity index is 1.80. The molecule has 2 aromatic rings. The van der Waals surface area contributed by atoms with Gasteiger partial charge in [0.05, 0.1) is 7.11 Å².